The molecule has 0 atom stereocenters. The van der Waals surface area contributed by atoms with Crippen molar-refractivity contribution in [1.82, 2.24) is 0 Å². The van der Waals surface area contributed by atoms with E-state index in [0.29, 0.717) is 11.4 Å². The van der Waals surface area contributed by atoms with Crippen LogP contribution in [-0.4, -0.2) is 18.2 Å². The van der Waals surface area contributed by atoms with Crippen molar-refractivity contribution >= 4 is 34.5 Å². The van der Waals surface area contributed by atoms with E-state index in [9.17, 15) is 10.1 Å². The molecule has 0 radical (unpaired) electrons. The molecule has 2 aromatic carbocycles. The van der Waals surface area contributed by atoms with Crippen molar-refractivity contribution in [1.29, 1.82) is 0 Å². The lowest BCUT2D eigenvalue weighted by molar-refractivity contribution is -0.384. The number of benzene rings is 2. The quantitative estimate of drug-likeness (QED) is 0.493. The molecule has 2 N–H and O–H groups in total. The summed E-state index contributed by atoms with van der Waals surface area (Å²) < 4.78 is 0. The van der Waals surface area contributed by atoms with E-state index in [2.05, 4.69) is 10.6 Å². The molecule has 0 bridgehead atoms. The number of para-hydroxylation sites is 1. The first kappa shape index (κ1) is 14.2. The predicted molar refractivity (Wildman–Crippen MR) is 84.1 cm³/mol. The van der Waals surface area contributed by atoms with Gasteiger partial charge in [0.05, 0.1) is 10.6 Å². The van der Waals surface area contributed by atoms with Gasteiger partial charge in [0.25, 0.3) is 5.69 Å². The third-order valence-corrected chi connectivity index (χ3v) is 3.60. The summed E-state index contributed by atoms with van der Waals surface area (Å²) in [6, 6.07) is 12.7. The van der Waals surface area contributed by atoms with Gasteiger partial charge in [-0.05, 0) is 24.5 Å². The molecule has 6 heteroatoms. The number of hydrogen-bond donors (Lipinski definition) is 2. The molecule has 0 saturated carbocycles. The third kappa shape index (κ3) is 3.21. The average Bonchev–Trinajstić information content (AvgIpc) is 2.47. The molecule has 0 heterocycles. The fourth-order valence-corrected chi connectivity index (χ4v) is 2.39. The lowest BCUT2D eigenvalue weighted by Crippen LogP contribution is -1.97. The maximum absolute atomic E-state index is 10.9. The van der Waals surface area contributed by atoms with E-state index in [4.69, 9.17) is 0 Å². The van der Waals surface area contributed by atoms with Gasteiger partial charge in [-0.15, -0.1) is 11.8 Å². The van der Waals surface area contributed by atoms with E-state index in [0.717, 1.165) is 10.6 Å². The molecule has 0 spiro atoms. The minimum absolute atomic E-state index is 0.0565. The molecule has 2 rings (SSSR count). The van der Waals surface area contributed by atoms with Crippen LogP contribution < -0.4 is 10.6 Å². The Morgan fingerprint density at radius 1 is 1.15 bits per heavy atom. The standard InChI is InChI=1S/C14H15N3O2S/c1-15-10-7-11(9-12(8-10)17(18)19)16-13-5-3-4-6-14(13)20-2/h3-9,15-16H,1-2H3. The number of nitro benzene ring substituents is 1. The van der Waals surface area contributed by atoms with Crippen molar-refractivity contribution < 1.29 is 4.92 Å². The van der Waals surface area contributed by atoms with Crippen LogP contribution in [0, 0.1) is 10.1 Å². The Bertz CT molecular complexity index is 632. The summed E-state index contributed by atoms with van der Waals surface area (Å²) in [7, 11) is 1.73. The Hall–Kier alpha value is -2.21. The van der Waals surface area contributed by atoms with Crippen LogP contribution in [0.5, 0.6) is 0 Å². The fourth-order valence-electron chi connectivity index (χ4n) is 1.84. The second-order valence-corrected chi connectivity index (χ2v) is 4.95. The van der Waals surface area contributed by atoms with Crippen molar-refractivity contribution in [3.63, 3.8) is 0 Å². The molecule has 0 amide bonds. The topological polar surface area (TPSA) is 67.2 Å². The molecule has 0 aliphatic rings. The molecule has 5 nitrogen and oxygen atoms in total. The number of rotatable bonds is 5. The third-order valence-electron chi connectivity index (χ3n) is 2.80. The highest BCUT2D eigenvalue weighted by molar-refractivity contribution is 7.98. The highest BCUT2D eigenvalue weighted by atomic mass is 32.2. The number of anilines is 3. The molecule has 0 unspecified atom stereocenters. The number of thioether (sulfide) groups is 1. The highest BCUT2D eigenvalue weighted by Gasteiger charge is 2.10. The Morgan fingerprint density at radius 3 is 2.50 bits per heavy atom. The van der Waals surface area contributed by atoms with Gasteiger partial charge in [-0.2, -0.15) is 0 Å². The lowest BCUT2D eigenvalue weighted by Gasteiger charge is -2.11. The predicted octanol–water partition coefficient (Wildman–Crippen LogP) is 4.10. The summed E-state index contributed by atoms with van der Waals surface area (Å²) in [6.45, 7) is 0. The minimum Gasteiger partial charge on any atom is -0.388 e. The largest absolute Gasteiger partial charge is 0.388 e. The molecule has 104 valence electrons. The summed E-state index contributed by atoms with van der Waals surface area (Å²) in [5, 5.41) is 17.1. The first-order chi connectivity index (χ1) is 9.63. The van der Waals surface area contributed by atoms with E-state index >= 15 is 0 Å². The first-order valence-corrected chi connectivity index (χ1v) is 7.24. The Balaban J connectivity index is 2.37. The molecular weight excluding hydrogens is 274 g/mol. The Morgan fingerprint density at radius 2 is 1.85 bits per heavy atom. The number of hydrogen-bond acceptors (Lipinski definition) is 5. The molecule has 0 aliphatic carbocycles. The molecule has 0 aromatic heterocycles. The van der Waals surface area contributed by atoms with Gasteiger partial charge in [0, 0.05) is 35.5 Å². The average molecular weight is 289 g/mol. The Kier molecular flexibility index (Phi) is 4.47. The van der Waals surface area contributed by atoms with Crippen LogP contribution in [0.15, 0.2) is 47.4 Å². The van der Waals surface area contributed by atoms with Crippen molar-refractivity contribution in [2.75, 3.05) is 23.9 Å². The summed E-state index contributed by atoms with van der Waals surface area (Å²) in [5.41, 5.74) is 2.37. The molecule has 0 saturated heterocycles. The Labute approximate surface area is 121 Å². The van der Waals surface area contributed by atoms with Crippen LogP contribution in [0.2, 0.25) is 0 Å². The summed E-state index contributed by atoms with van der Waals surface area (Å²) in [4.78, 5) is 11.6. The minimum atomic E-state index is -0.396. The van der Waals surface area contributed by atoms with Gasteiger partial charge < -0.3 is 10.6 Å². The van der Waals surface area contributed by atoms with Gasteiger partial charge in [-0.1, -0.05) is 12.1 Å². The van der Waals surface area contributed by atoms with Crippen LogP contribution in [0.25, 0.3) is 0 Å². The first-order valence-electron chi connectivity index (χ1n) is 6.01. The molecule has 0 aliphatic heterocycles. The van der Waals surface area contributed by atoms with Gasteiger partial charge in [0.1, 0.15) is 0 Å². The van der Waals surface area contributed by atoms with Crippen molar-refractivity contribution in [2.24, 2.45) is 0 Å². The van der Waals surface area contributed by atoms with Crippen molar-refractivity contribution in [3.05, 3.63) is 52.6 Å². The van der Waals surface area contributed by atoms with Gasteiger partial charge in [-0.25, -0.2) is 0 Å². The van der Waals surface area contributed by atoms with Crippen molar-refractivity contribution in [2.45, 2.75) is 4.90 Å². The van der Waals surface area contributed by atoms with E-state index in [1.807, 2.05) is 36.6 Å². The zero-order valence-electron chi connectivity index (χ0n) is 11.2. The second-order valence-electron chi connectivity index (χ2n) is 4.10. The monoisotopic (exact) mass is 289 g/mol. The molecule has 0 fully saturated rings. The smallest absolute Gasteiger partial charge is 0.273 e. The van der Waals surface area contributed by atoms with Crippen LogP contribution in [0.1, 0.15) is 0 Å². The van der Waals surface area contributed by atoms with E-state index in [1.165, 1.54) is 12.1 Å². The van der Waals surface area contributed by atoms with Gasteiger partial charge in [0.15, 0.2) is 0 Å². The number of non-ortho nitro benzene ring substituents is 1. The van der Waals surface area contributed by atoms with Crippen molar-refractivity contribution in [3.8, 4) is 0 Å². The summed E-state index contributed by atoms with van der Waals surface area (Å²) in [5.74, 6) is 0. The van der Waals surface area contributed by atoms with Gasteiger partial charge >= 0.3 is 0 Å². The summed E-state index contributed by atoms with van der Waals surface area (Å²) >= 11 is 1.62. The number of nitrogens with one attached hydrogen (secondary N) is 2. The van der Waals surface area contributed by atoms with Crippen LogP contribution in [0.3, 0.4) is 0 Å². The maximum atomic E-state index is 10.9. The summed E-state index contributed by atoms with van der Waals surface area (Å²) in [6.07, 6.45) is 1.99. The zero-order valence-corrected chi connectivity index (χ0v) is 12.0. The number of nitro groups is 1. The lowest BCUT2D eigenvalue weighted by atomic mass is 10.2. The second kappa shape index (κ2) is 6.29. The van der Waals surface area contributed by atoms with Crippen LogP contribution in [0.4, 0.5) is 22.7 Å². The van der Waals surface area contributed by atoms with Gasteiger partial charge in [0.2, 0.25) is 0 Å². The van der Waals surface area contributed by atoms with E-state index < -0.39 is 4.92 Å². The van der Waals surface area contributed by atoms with Crippen LogP contribution >= 0.6 is 11.8 Å². The molecular formula is C14H15N3O2S. The number of nitrogens with zero attached hydrogens (tertiary/aromatic N) is 1. The zero-order chi connectivity index (χ0) is 14.5. The molecule has 2 aromatic rings. The normalized spacial score (nSPS) is 10.1. The van der Waals surface area contributed by atoms with E-state index in [1.54, 1.807) is 18.8 Å². The van der Waals surface area contributed by atoms with E-state index in [-0.39, 0.29) is 5.69 Å². The SMILES string of the molecule is CNc1cc(Nc2ccccc2SC)cc([N+](=O)[O-])c1. The van der Waals surface area contributed by atoms with Gasteiger partial charge in [-0.3, -0.25) is 10.1 Å². The highest BCUT2D eigenvalue weighted by Crippen LogP contribution is 2.31. The molecule has 20 heavy (non-hydrogen) atoms. The fraction of sp³-hybridized carbons (Fsp3) is 0.143. The van der Waals surface area contributed by atoms with Crippen LogP contribution in [-0.2, 0) is 0 Å². The maximum Gasteiger partial charge on any atom is 0.273 e.